The highest BCUT2D eigenvalue weighted by Crippen LogP contribution is 2.24. The second-order valence-corrected chi connectivity index (χ2v) is 5.48. The minimum Gasteiger partial charge on any atom is -0.479 e. The molecule has 1 saturated heterocycles. The third-order valence-electron chi connectivity index (χ3n) is 2.48. The molecule has 1 aromatic rings. The van der Waals surface area contributed by atoms with Crippen LogP contribution in [0.25, 0.3) is 0 Å². The minimum atomic E-state index is -0.880. The van der Waals surface area contributed by atoms with Crippen LogP contribution in [-0.4, -0.2) is 41.8 Å². The summed E-state index contributed by atoms with van der Waals surface area (Å²) < 4.78 is 6.26. The largest absolute Gasteiger partial charge is 0.479 e. The van der Waals surface area contributed by atoms with Crippen molar-refractivity contribution in [2.75, 3.05) is 19.7 Å². The number of ether oxygens (including phenoxy) is 1. The number of rotatable bonds is 3. The van der Waals surface area contributed by atoms with Crippen LogP contribution in [0.2, 0.25) is 0 Å². The molecule has 88 valence electrons. The van der Waals surface area contributed by atoms with Crippen molar-refractivity contribution in [2.24, 2.45) is 0 Å². The normalized spacial score (nSPS) is 22.2. The number of nitrogens with zero attached hydrogens (tertiary/aromatic N) is 1. The van der Waals surface area contributed by atoms with Crippen LogP contribution >= 0.6 is 27.3 Å². The van der Waals surface area contributed by atoms with E-state index in [1.165, 1.54) is 4.88 Å². The number of hydrogen-bond donors (Lipinski definition) is 1. The molecule has 1 aromatic heterocycles. The molecule has 0 spiro atoms. The molecular formula is C10H12BrNO3S. The Morgan fingerprint density at radius 2 is 2.56 bits per heavy atom. The van der Waals surface area contributed by atoms with Gasteiger partial charge in [-0.3, -0.25) is 4.90 Å². The number of morpholine rings is 1. The fraction of sp³-hybridized carbons (Fsp3) is 0.500. The van der Waals surface area contributed by atoms with E-state index in [-0.39, 0.29) is 0 Å². The van der Waals surface area contributed by atoms with Gasteiger partial charge in [0, 0.05) is 29.0 Å². The van der Waals surface area contributed by atoms with Gasteiger partial charge >= 0.3 is 5.97 Å². The molecule has 6 heteroatoms. The van der Waals surface area contributed by atoms with Crippen molar-refractivity contribution in [3.8, 4) is 0 Å². The standard InChI is InChI=1S/C10H12BrNO3S/c11-7-1-4-16-9(7)6-12-2-3-15-8(5-12)10(13)14/h1,4,8H,2-3,5-6H2,(H,13,14). The van der Waals surface area contributed by atoms with Gasteiger partial charge in [0.2, 0.25) is 0 Å². The maximum atomic E-state index is 10.8. The summed E-state index contributed by atoms with van der Waals surface area (Å²) in [5.41, 5.74) is 0. The third-order valence-corrected chi connectivity index (χ3v) is 4.40. The van der Waals surface area contributed by atoms with E-state index < -0.39 is 12.1 Å². The average molecular weight is 306 g/mol. The Morgan fingerprint density at radius 3 is 3.19 bits per heavy atom. The number of hydrogen-bond acceptors (Lipinski definition) is 4. The van der Waals surface area contributed by atoms with Crippen LogP contribution in [0.5, 0.6) is 0 Å². The molecule has 4 nitrogen and oxygen atoms in total. The zero-order valence-electron chi connectivity index (χ0n) is 8.56. The van der Waals surface area contributed by atoms with E-state index >= 15 is 0 Å². The number of carboxylic acid groups (broad SMARTS) is 1. The summed E-state index contributed by atoms with van der Waals surface area (Å²) in [5, 5.41) is 10.9. The molecule has 1 aliphatic rings. The van der Waals surface area contributed by atoms with Crippen molar-refractivity contribution in [2.45, 2.75) is 12.6 Å². The van der Waals surface area contributed by atoms with Crippen LogP contribution in [0, 0.1) is 0 Å². The lowest BCUT2D eigenvalue weighted by molar-refractivity contribution is -0.156. The van der Waals surface area contributed by atoms with Gasteiger partial charge < -0.3 is 9.84 Å². The molecule has 0 bridgehead atoms. The summed E-state index contributed by atoms with van der Waals surface area (Å²) >= 11 is 5.15. The molecule has 0 radical (unpaired) electrons. The summed E-state index contributed by atoms with van der Waals surface area (Å²) in [5.74, 6) is -0.880. The minimum absolute atomic E-state index is 0.458. The summed E-state index contributed by atoms with van der Waals surface area (Å²) in [7, 11) is 0. The second-order valence-electron chi connectivity index (χ2n) is 3.62. The molecule has 2 heterocycles. The van der Waals surface area contributed by atoms with E-state index in [0.717, 1.165) is 17.6 Å². The summed E-state index contributed by atoms with van der Waals surface area (Å²) in [6, 6.07) is 2.01. The summed E-state index contributed by atoms with van der Waals surface area (Å²) in [6.07, 6.45) is -0.688. The second kappa shape index (κ2) is 5.27. The zero-order chi connectivity index (χ0) is 11.5. The van der Waals surface area contributed by atoms with Crippen molar-refractivity contribution in [1.82, 2.24) is 4.90 Å². The van der Waals surface area contributed by atoms with E-state index in [4.69, 9.17) is 9.84 Å². The maximum absolute atomic E-state index is 10.8. The van der Waals surface area contributed by atoms with Crippen LogP contribution in [0.4, 0.5) is 0 Å². The first kappa shape index (κ1) is 12.0. The van der Waals surface area contributed by atoms with Crippen LogP contribution < -0.4 is 0 Å². The molecule has 1 fully saturated rings. The lowest BCUT2D eigenvalue weighted by Gasteiger charge is -2.30. The lowest BCUT2D eigenvalue weighted by Crippen LogP contribution is -2.45. The number of carboxylic acids is 1. The Labute approximate surface area is 106 Å². The highest BCUT2D eigenvalue weighted by molar-refractivity contribution is 9.10. The number of carbonyl (C=O) groups is 1. The number of thiophene rings is 1. The van der Waals surface area contributed by atoms with E-state index in [1.807, 2.05) is 11.4 Å². The van der Waals surface area contributed by atoms with Gasteiger partial charge in [-0.25, -0.2) is 4.79 Å². The quantitative estimate of drug-likeness (QED) is 0.925. The molecule has 1 atom stereocenters. The van der Waals surface area contributed by atoms with Crippen LogP contribution in [0.1, 0.15) is 4.88 Å². The molecule has 1 unspecified atom stereocenters. The molecule has 0 amide bonds. The predicted molar refractivity (Wildman–Crippen MR) is 64.7 cm³/mol. The van der Waals surface area contributed by atoms with Crippen molar-refractivity contribution in [3.05, 3.63) is 20.8 Å². The van der Waals surface area contributed by atoms with Gasteiger partial charge in [-0.15, -0.1) is 11.3 Å². The maximum Gasteiger partial charge on any atom is 0.334 e. The predicted octanol–water partition coefficient (Wildman–Crippen LogP) is 1.80. The molecule has 1 aliphatic heterocycles. The zero-order valence-corrected chi connectivity index (χ0v) is 11.0. The molecule has 0 saturated carbocycles. The van der Waals surface area contributed by atoms with Crippen molar-refractivity contribution in [3.63, 3.8) is 0 Å². The van der Waals surface area contributed by atoms with Gasteiger partial charge in [0.15, 0.2) is 6.10 Å². The average Bonchev–Trinajstić information content (AvgIpc) is 2.65. The topological polar surface area (TPSA) is 49.8 Å². The van der Waals surface area contributed by atoms with Gasteiger partial charge in [0.25, 0.3) is 0 Å². The first-order chi connectivity index (χ1) is 7.66. The first-order valence-electron chi connectivity index (χ1n) is 4.95. The highest BCUT2D eigenvalue weighted by Gasteiger charge is 2.26. The molecule has 1 N–H and O–H groups in total. The Balaban J connectivity index is 1.95. The SMILES string of the molecule is O=C(O)C1CN(Cc2sccc2Br)CCO1. The van der Waals surface area contributed by atoms with Crippen LogP contribution in [0.15, 0.2) is 15.9 Å². The van der Waals surface area contributed by atoms with E-state index in [1.54, 1.807) is 11.3 Å². The Morgan fingerprint density at radius 1 is 1.75 bits per heavy atom. The summed E-state index contributed by atoms with van der Waals surface area (Å²) in [4.78, 5) is 14.1. The van der Waals surface area contributed by atoms with E-state index in [0.29, 0.717) is 13.2 Å². The molecule has 2 rings (SSSR count). The van der Waals surface area contributed by atoms with Gasteiger partial charge in [-0.2, -0.15) is 0 Å². The van der Waals surface area contributed by atoms with Gasteiger partial charge in [0.1, 0.15) is 0 Å². The monoisotopic (exact) mass is 305 g/mol. The first-order valence-corrected chi connectivity index (χ1v) is 6.62. The number of halogens is 1. The van der Waals surface area contributed by atoms with E-state index in [9.17, 15) is 4.79 Å². The van der Waals surface area contributed by atoms with Crippen molar-refractivity contribution >= 4 is 33.2 Å². The van der Waals surface area contributed by atoms with Gasteiger partial charge in [-0.1, -0.05) is 0 Å². The van der Waals surface area contributed by atoms with Crippen LogP contribution in [-0.2, 0) is 16.1 Å². The lowest BCUT2D eigenvalue weighted by atomic mass is 10.2. The Hall–Kier alpha value is -0.430. The molecule has 0 aliphatic carbocycles. The van der Waals surface area contributed by atoms with Gasteiger partial charge in [-0.05, 0) is 27.4 Å². The summed E-state index contributed by atoms with van der Waals surface area (Å²) in [6.45, 7) is 2.51. The third kappa shape index (κ3) is 2.82. The van der Waals surface area contributed by atoms with Crippen molar-refractivity contribution < 1.29 is 14.6 Å². The van der Waals surface area contributed by atoms with Crippen molar-refractivity contribution in [1.29, 1.82) is 0 Å². The highest BCUT2D eigenvalue weighted by atomic mass is 79.9. The molecule has 0 aromatic carbocycles. The Bertz CT molecular complexity index is 382. The molecule has 16 heavy (non-hydrogen) atoms. The molecular weight excluding hydrogens is 294 g/mol. The van der Waals surface area contributed by atoms with E-state index in [2.05, 4.69) is 20.8 Å². The number of aliphatic carboxylic acids is 1. The Kier molecular flexibility index (Phi) is 3.96. The van der Waals surface area contributed by atoms with Crippen LogP contribution in [0.3, 0.4) is 0 Å². The van der Waals surface area contributed by atoms with Gasteiger partial charge in [0.05, 0.1) is 6.61 Å². The fourth-order valence-corrected chi connectivity index (χ4v) is 3.16. The smallest absolute Gasteiger partial charge is 0.334 e. The fourth-order valence-electron chi connectivity index (χ4n) is 1.64.